The van der Waals surface area contributed by atoms with Gasteiger partial charge in [0.25, 0.3) is 0 Å². The van der Waals surface area contributed by atoms with E-state index in [4.69, 9.17) is 0 Å². The molecule has 0 heterocycles. The topological polar surface area (TPSA) is 17.1 Å². The fraction of sp³-hybridized carbons (Fsp3) is 0.900. The molecule has 0 radical (unpaired) electrons. The van der Waals surface area contributed by atoms with Gasteiger partial charge in [-0.3, -0.25) is 0 Å². The smallest absolute Gasteiger partial charge is 0.0882 e. The van der Waals surface area contributed by atoms with Crippen molar-refractivity contribution in [2.45, 2.75) is 40.0 Å². The van der Waals surface area contributed by atoms with Gasteiger partial charge in [-0.05, 0) is 30.6 Å². The van der Waals surface area contributed by atoms with Gasteiger partial charge in [-0.1, -0.05) is 20.8 Å². The van der Waals surface area contributed by atoms with Crippen LogP contribution < -0.4 is 0 Å². The monoisotopic (exact) mass is 184 g/mol. The van der Waals surface area contributed by atoms with Gasteiger partial charge < -0.3 is 0 Å². The van der Waals surface area contributed by atoms with Crippen LogP contribution in [0.2, 0.25) is 0 Å². The lowest BCUT2D eigenvalue weighted by atomic mass is 9.71. The first-order chi connectivity index (χ1) is 5.52. The van der Waals surface area contributed by atoms with Crippen molar-refractivity contribution in [2.24, 2.45) is 16.7 Å². The molecule has 0 saturated heterocycles. The first-order valence-corrected chi connectivity index (χ1v) is 5.42. The van der Waals surface area contributed by atoms with E-state index >= 15 is 0 Å². The van der Waals surface area contributed by atoms with Gasteiger partial charge in [-0.25, -0.2) is 4.21 Å². The van der Waals surface area contributed by atoms with Crippen LogP contribution in [0.15, 0.2) is 0 Å². The number of hydrogen-bond donors (Lipinski definition) is 0. The van der Waals surface area contributed by atoms with Crippen molar-refractivity contribution in [3.63, 3.8) is 0 Å². The largest absolute Gasteiger partial charge is 0.212 e. The van der Waals surface area contributed by atoms with Crippen molar-refractivity contribution in [3.8, 4) is 0 Å². The second-order valence-corrected chi connectivity index (χ2v) is 5.66. The number of rotatable bonds is 0. The molecule has 12 heavy (non-hydrogen) atoms. The highest BCUT2D eigenvalue weighted by Crippen LogP contribution is 2.63. The van der Waals surface area contributed by atoms with Gasteiger partial charge in [0.05, 0.1) is 11.3 Å². The van der Waals surface area contributed by atoms with Gasteiger partial charge >= 0.3 is 0 Å². The van der Waals surface area contributed by atoms with E-state index in [-0.39, 0.29) is 5.41 Å². The molecular weight excluding hydrogens is 168 g/mol. The minimum absolute atomic E-state index is 0.240. The molecule has 68 valence electrons. The Labute approximate surface area is 77.6 Å². The van der Waals surface area contributed by atoms with Crippen molar-refractivity contribution in [3.05, 3.63) is 0 Å². The highest BCUT2D eigenvalue weighted by Gasteiger charge is 2.59. The number of hydrogen-bond acceptors (Lipinski definition) is 1. The zero-order valence-electron chi connectivity index (χ0n) is 8.02. The number of fused-ring (bicyclic) bond motifs is 2. The Morgan fingerprint density at radius 2 is 2.08 bits per heavy atom. The summed E-state index contributed by atoms with van der Waals surface area (Å²) < 4.78 is 10.9. The van der Waals surface area contributed by atoms with Crippen LogP contribution >= 0.6 is 0 Å². The van der Waals surface area contributed by atoms with Gasteiger partial charge in [0.1, 0.15) is 0 Å². The summed E-state index contributed by atoms with van der Waals surface area (Å²) in [5, 5.41) is 0. The fourth-order valence-electron chi connectivity index (χ4n) is 3.03. The standard InChI is InChI=1S/C10H16OS/c1-9(2)7-4-5-10(9,3)8(6-7)12-11/h7H,4-6H2,1-3H3/t7-,10+/m1/s1. The third-order valence-corrected chi connectivity index (χ3v) is 5.40. The molecule has 2 rings (SSSR count). The van der Waals surface area contributed by atoms with Gasteiger partial charge in [0.15, 0.2) is 0 Å². The summed E-state index contributed by atoms with van der Waals surface area (Å²) in [6, 6.07) is 0. The summed E-state index contributed by atoms with van der Waals surface area (Å²) in [6.45, 7) is 6.93. The van der Waals surface area contributed by atoms with Gasteiger partial charge in [-0.15, -0.1) is 0 Å². The van der Waals surface area contributed by atoms with Crippen molar-refractivity contribution in [2.75, 3.05) is 0 Å². The molecule has 2 aliphatic carbocycles. The highest BCUT2D eigenvalue weighted by molar-refractivity contribution is 7.66. The summed E-state index contributed by atoms with van der Waals surface area (Å²) >= 11 is 0.763. The summed E-state index contributed by atoms with van der Waals surface area (Å²) in [6.07, 6.45) is 3.64. The molecule has 2 atom stereocenters. The average molecular weight is 184 g/mol. The molecule has 0 aliphatic heterocycles. The minimum atomic E-state index is 0.240. The molecule has 0 aromatic carbocycles. The molecule has 0 aromatic heterocycles. The Hall–Kier alpha value is -0.110. The van der Waals surface area contributed by atoms with E-state index in [0.717, 1.165) is 23.6 Å². The van der Waals surface area contributed by atoms with E-state index in [2.05, 4.69) is 20.8 Å². The molecule has 0 aromatic rings. The molecule has 2 saturated carbocycles. The van der Waals surface area contributed by atoms with Crippen molar-refractivity contribution in [1.29, 1.82) is 0 Å². The second-order valence-electron chi connectivity index (χ2n) is 5.00. The lowest BCUT2D eigenvalue weighted by molar-refractivity contribution is 0.195. The van der Waals surface area contributed by atoms with Crippen LogP contribution in [0.25, 0.3) is 0 Å². The fourth-order valence-corrected chi connectivity index (χ4v) is 3.85. The Kier molecular flexibility index (Phi) is 1.57. The summed E-state index contributed by atoms with van der Waals surface area (Å²) in [4.78, 5) is 1.21. The van der Waals surface area contributed by atoms with Gasteiger partial charge in [0, 0.05) is 10.3 Å². The molecule has 2 fully saturated rings. The lowest BCUT2D eigenvalue weighted by Gasteiger charge is -2.33. The maximum Gasteiger partial charge on any atom is 0.0882 e. The third kappa shape index (κ3) is 0.723. The molecule has 0 unspecified atom stereocenters. The van der Waals surface area contributed by atoms with E-state index in [0.29, 0.717) is 5.41 Å². The van der Waals surface area contributed by atoms with Crippen LogP contribution in [0.1, 0.15) is 40.0 Å². The van der Waals surface area contributed by atoms with Gasteiger partial charge in [0.2, 0.25) is 0 Å². The average Bonchev–Trinajstić information content (AvgIpc) is 2.34. The molecule has 0 N–H and O–H groups in total. The van der Waals surface area contributed by atoms with Crippen molar-refractivity contribution in [1.82, 2.24) is 0 Å². The Morgan fingerprint density at radius 1 is 1.42 bits per heavy atom. The maximum atomic E-state index is 10.9. The zero-order valence-corrected chi connectivity index (χ0v) is 8.83. The molecule has 1 nitrogen and oxygen atoms in total. The van der Waals surface area contributed by atoms with E-state index in [1.165, 1.54) is 17.7 Å². The molecule has 0 amide bonds. The van der Waals surface area contributed by atoms with E-state index in [9.17, 15) is 4.21 Å². The first-order valence-electron chi connectivity index (χ1n) is 4.68. The quantitative estimate of drug-likeness (QED) is 0.528. The Morgan fingerprint density at radius 3 is 2.33 bits per heavy atom. The maximum absolute atomic E-state index is 10.9. The molecule has 0 spiro atoms. The van der Waals surface area contributed by atoms with Crippen LogP contribution in [0.4, 0.5) is 0 Å². The SMILES string of the molecule is CC1(C)[C@@H]2CC[C@@]1(C)C(=S=O)C2. The molecule has 2 aliphatic rings. The van der Waals surface area contributed by atoms with Crippen LogP contribution in [-0.2, 0) is 11.3 Å². The Bertz CT molecular complexity index is 276. The predicted molar refractivity (Wildman–Crippen MR) is 52.4 cm³/mol. The Balaban J connectivity index is 2.53. The molecule has 2 bridgehead atoms. The summed E-state index contributed by atoms with van der Waals surface area (Å²) in [5.74, 6) is 0.777. The van der Waals surface area contributed by atoms with Crippen LogP contribution in [0.5, 0.6) is 0 Å². The highest BCUT2D eigenvalue weighted by atomic mass is 32.1. The van der Waals surface area contributed by atoms with Crippen molar-refractivity contribution >= 4 is 16.1 Å². The van der Waals surface area contributed by atoms with E-state index in [1.807, 2.05) is 0 Å². The van der Waals surface area contributed by atoms with E-state index in [1.54, 1.807) is 0 Å². The lowest BCUT2D eigenvalue weighted by Crippen LogP contribution is -2.32. The third-order valence-electron chi connectivity index (χ3n) is 4.58. The summed E-state index contributed by atoms with van der Waals surface area (Å²) in [5.41, 5.74) is 0.615. The van der Waals surface area contributed by atoms with Crippen LogP contribution in [-0.4, -0.2) is 9.07 Å². The second kappa shape index (κ2) is 2.22. The van der Waals surface area contributed by atoms with E-state index < -0.39 is 0 Å². The van der Waals surface area contributed by atoms with Crippen LogP contribution in [0.3, 0.4) is 0 Å². The van der Waals surface area contributed by atoms with Crippen LogP contribution in [0, 0.1) is 16.7 Å². The molecular formula is C10H16OS. The molecule has 2 heteroatoms. The summed E-state index contributed by atoms with van der Waals surface area (Å²) in [7, 11) is 0. The normalized spacial score (nSPS) is 43.6. The first kappa shape index (κ1) is 8.49. The van der Waals surface area contributed by atoms with Crippen molar-refractivity contribution < 1.29 is 4.21 Å². The zero-order chi connectivity index (χ0) is 8.98. The minimum Gasteiger partial charge on any atom is -0.212 e. The predicted octanol–water partition coefficient (Wildman–Crippen LogP) is 2.22. The van der Waals surface area contributed by atoms with Gasteiger partial charge in [-0.2, -0.15) is 0 Å².